The molecule has 1 saturated heterocycles. The lowest BCUT2D eigenvalue weighted by Crippen LogP contribution is -2.43. The maximum absolute atomic E-state index is 5.55. The van der Waals surface area contributed by atoms with Crippen molar-refractivity contribution in [2.75, 3.05) is 33.1 Å². The van der Waals surface area contributed by atoms with Crippen molar-refractivity contribution in [1.82, 2.24) is 10.6 Å². The highest BCUT2D eigenvalue weighted by Crippen LogP contribution is 2.36. The van der Waals surface area contributed by atoms with Crippen LogP contribution in [0.2, 0.25) is 0 Å². The van der Waals surface area contributed by atoms with Crippen LogP contribution in [0.3, 0.4) is 0 Å². The summed E-state index contributed by atoms with van der Waals surface area (Å²) in [7, 11) is 3.47. The number of rotatable bonds is 7. The zero-order chi connectivity index (χ0) is 17.4. The van der Waals surface area contributed by atoms with E-state index in [-0.39, 0.29) is 24.0 Å². The molecule has 0 bridgehead atoms. The lowest BCUT2D eigenvalue weighted by atomic mass is 10.1. The van der Waals surface area contributed by atoms with Gasteiger partial charge in [0.1, 0.15) is 0 Å². The fourth-order valence-corrected chi connectivity index (χ4v) is 3.99. The fourth-order valence-electron chi connectivity index (χ4n) is 2.75. The number of guanidine groups is 1. The van der Waals surface area contributed by atoms with Crippen molar-refractivity contribution in [3.05, 3.63) is 23.8 Å². The number of benzene rings is 1. The Balaban J connectivity index is 0.00000312. The highest BCUT2D eigenvalue weighted by molar-refractivity contribution is 14.0. The molecule has 1 atom stereocenters. The molecule has 142 valence electrons. The molecule has 0 amide bonds. The molecular weight excluding hydrogens is 449 g/mol. The molecule has 1 aromatic rings. The molecular formula is C18H30IN3O2S. The average Bonchev–Trinajstić information content (AvgIpc) is 3.03. The monoisotopic (exact) mass is 479 g/mol. The Morgan fingerprint density at radius 3 is 2.72 bits per heavy atom. The van der Waals surface area contributed by atoms with Gasteiger partial charge in [0.05, 0.1) is 13.7 Å². The number of halogens is 1. The molecule has 2 N–H and O–H groups in total. The van der Waals surface area contributed by atoms with Crippen molar-refractivity contribution in [1.29, 1.82) is 0 Å². The van der Waals surface area contributed by atoms with Gasteiger partial charge in [0.15, 0.2) is 17.5 Å². The molecule has 1 heterocycles. The topological polar surface area (TPSA) is 54.9 Å². The van der Waals surface area contributed by atoms with Crippen LogP contribution >= 0.6 is 35.7 Å². The van der Waals surface area contributed by atoms with Gasteiger partial charge in [-0.15, -0.1) is 24.0 Å². The minimum absolute atomic E-state index is 0. The van der Waals surface area contributed by atoms with Gasteiger partial charge in [-0.1, -0.05) is 6.07 Å². The molecule has 0 aliphatic carbocycles. The highest BCUT2D eigenvalue weighted by Gasteiger charge is 2.29. The third-order valence-corrected chi connectivity index (χ3v) is 5.68. The van der Waals surface area contributed by atoms with Gasteiger partial charge in [-0.25, -0.2) is 0 Å². The molecule has 0 spiro atoms. The summed E-state index contributed by atoms with van der Waals surface area (Å²) in [6.07, 6.45) is 2.57. The van der Waals surface area contributed by atoms with Crippen LogP contribution in [0.25, 0.3) is 0 Å². The Kier molecular flexibility index (Phi) is 9.78. The lowest BCUT2D eigenvalue weighted by molar-refractivity contribution is 0.310. The number of thioether (sulfide) groups is 1. The van der Waals surface area contributed by atoms with Crippen LogP contribution in [0, 0.1) is 0 Å². The fraction of sp³-hybridized carbons (Fsp3) is 0.611. The van der Waals surface area contributed by atoms with Crippen molar-refractivity contribution in [2.24, 2.45) is 4.99 Å². The van der Waals surface area contributed by atoms with Gasteiger partial charge >= 0.3 is 0 Å². The van der Waals surface area contributed by atoms with Gasteiger partial charge in [0.25, 0.3) is 0 Å². The second-order valence-electron chi connectivity index (χ2n) is 6.10. The van der Waals surface area contributed by atoms with E-state index in [0.717, 1.165) is 29.6 Å². The Bertz CT molecular complexity index is 563. The molecule has 5 nitrogen and oxygen atoms in total. The van der Waals surface area contributed by atoms with Crippen molar-refractivity contribution < 1.29 is 9.47 Å². The molecule has 1 unspecified atom stereocenters. The molecule has 0 radical (unpaired) electrons. The molecule has 1 aliphatic rings. The van der Waals surface area contributed by atoms with E-state index in [2.05, 4.69) is 22.5 Å². The van der Waals surface area contributed by atoms with Gasteiger partial charge in [-0.05, 0) is 50.1 Å². The summed E-state index contributed by atoms with van der Waals surface area (Å²) in [4.78, 5) is 4.31. The van der Waals surface area contributed by atoms with E-state index in [4.69, 9.17) is 9.47 Å². The number of aliphatic imine (C=N–C) groups is 1. The van der Waals surface area contributed by atoms with Gasteiger partial charge < -0.3 is 20.1 Å². The minimum atomic E-state index is 0. The van der Waals surface area contributed by atoms with Gasteiger partial charge in [-0.3, -0.25) is 4.99 Å². The van der Waals surface area contributed by atoms with Crippen LogP contribution in [0.1, 0.15) is 32.3 Å². The number of nitrogens with zero attached hydrogens (tertiary/aromatic N) is 1. The van der Waals surface area contributed by atoms with Gasteiger partial charge in [-0.2, -0.15) is 11.8 Å². The standard InChI is InChI=1S/C18H29N3O2S.HI/c1-5-23-15-8-7-14(11-16(15)22-4)12-20-17(19-3)21-13-18(2)9-6-10-24-18;/h7-8,11H,5-6,9-10,12-13H2,1-4H3,(H2,19,20,21);1H. The van der Waals surface area contributed by atoms with E-state index in [1.165, 1.54) is 18.6 Å². The molecule has 1 aliphatic heterocycles. The molecule has 7 heteroatoms. The summed E-state index contributed by atoms with van der Waals surface area (Å²) >= 11 is 2.05. The molecule has 0 saturated carbocycles. The summed E-state index contributed by atoms with van der Waals surface area (Å²) in [5.41, 5.74) is 1.12. The van der Waals surface area contributed by atoms with Gasteiger partial charge in [0.2, 0.25) is 0 Å². The number of nitrogens with one attached hydrogen (secondary N) is 2. The van der Waals surface area contributed by atoms with Crippen LogP contribution < -0.4 is 20.1 Å². The Hall–Kier alpha value is -0.830. The smallest absolute Gasteiger partial charge is 0.191 e. The zero-order valence-corrected chi connectivity index (χ0v) is 18.7. The third-order valence-electron chi connectivity index (χ3n) is 4.14. The predicted octanol–water partition coefficient (Wildman–Crippen LogP) is 3.66. The Morgan fingerprint density at radius 1 is 1.32 bits per heavy atom. The third kappa shape index (κ3) is 6.77. The van der Waals surface area contributed by atoms with Crippen LogP contribution in [-0.2, 0) is 6.54 Å². The van der Waals surface area contributed by atoms with E-state index < -0.39 is 0 Å². The normalized spacial score (nSPS) is 19.9. The number of hydrogen-bond donors (Lipinski definition) is 2. The minimum Gasteiger partial charge on any atom is -0.493 e. The summed E-state index contributed by atoms with van der Waals surface area (Å²) in [5, 5.41) is 6.81. The first-order valence-corrected chi connectivity index (χ1v) is 9.47. The van der Waals surface area contributed by atoms with Crippen LogP contribution in [-0.4, -0.2) is 43.8 Å². The van der Waals surface area contributed by atoms with Crippen molar-refractivity contribution in [2.45, 2.75) is 38.0 Å². The van der Waals surface area contributed by atoms with Gasteiger partial charge in [0, 0.05) is 24.9 Å². The van der Waals surface area contributed by atoms with E-state index in [0.29, 0.717) is 17.9 Å². The van der Waals surface area contributed by atoms with E-state index in [9.17, 15) is 0 Å². The molecule has 1 fully saturated rings. The Labute approximate surface area is 172 Å². The van der Waals surface area contributed by atoms with Crippen molar-refractivity contribution in [3.8, 4) is 11.5 Å². The van der Waals surface area contributed by atoms with E-state index in [1.807, 2.05) is 36.9 Å². The molecule has 1 aromatic carbocycles. The lowest BCUT2D eigenvalue weighted by Gasteiger charge is -2.24. The number of methoxy groups -OCH3 is 1. The van der Waals surface area contributed by atoms with E-state index in [1.54, 1.807) is 14.2 Å². The SMILES string of the molecule is CCOc1ccc(CNC(=NC)NCC2(C)CCCS2)cc1OC.I. The molecule has 25 heavy (non-hydrogen) atoms. The van der Waals surface area contributed by atoms with Crippen molar-refractivity contribution >= 4 is 41.7 Å². The van der Waals surface area contributed by atoms with Crippen molar-refractivity contribution in [3.63, 3.8) is 0 Å². The Morgan fingerprint density at radius 2 is 2.12 bits per heavy atom. The second kappa shape index (κ2) is 11.0. The second-order valence-corrected chi connectivity index (χ2v) is 7.78. The molecule has 2 rings (SSSR count). The summed E-state index contributed by atoms with van der Waals surface area (Å²) in [6, 6.07) is 5.99. The first kappa shape index (κ1) is 22.2. The maximum Gasteiger partial charge on any atom is 0.191 e. The molecule has 0 aromatic heterocycles. The van der Waals surface area contributed by atoms with E-state index >= 15 is 0 Å². The first-order valence-electron chi connectivity index (χ1n) is 8.48. The number of ether oxygens (including phenoxy) is 2. The maximum atomic E-state index is 5.55. The highest BCUT2D eigenvalue weighted by atomic mass is 127. The summed E-state index contributed by atoms with van der Waals surface area (Å²) in [5.74, 6) is 3.62. The quantitative estimate of drug-likeness (QED) is 0.355. The average molecular weight is 479 g/mol. The number of hydrogen-bond acceptors (Lipinski definition) is 4. The summed E-state index contributed by atoms with van der Waals surface area (Å²) < 4.78 is 11.3. The van der Waals surface area contributed by atoms with Crippen LogP contribution in [0.5, 0.6) is 11.5 Å². The van der Waals surface area contributed by atoms with Crippen LogP contribution in [0.15, 0.2) is 23.2 Å². The summed E-state index contributed by atoms with van der Waals surface area (Å²) in [6.45, 7) is 6.54. The predicted molar refractivity (Wildman–Crippen MR) is 118 cm³/mol. The largest absolute Gasteiger partial charge is 0.493 e. The zero-order valence-electron chi connectivity index (χ0n) is 15.6. The first-order chi connectivity index (χ1) is 11.6. The van der Waals surface area contributed by atoms with Crippen LogP contribution in [0.4, 0.5) is 0 Å².